The summed E-state index contributed by atoms with van der Waals surface area (Å²) in [5.41, 5.74) is 6.27. The zero-order valence-corrected chi connectivity index (χ0v) is 22.7. The molecule has 7 nitrogen and oxygen atoms in total. The Morgan fingerprint density at radius 2 is 1.39 bits per heavy atom. The largest absolute Gasteiger partial charge is 0.379 e. The number of aromatic nitrogens is 2. The number of carbonyl (C=O) groups is 2. The lowest BCUT2D eigenvalue weighted by Crippen LogP contribution is -2.42. The number of para-hydroxylation sites is 2. The monoisotopic (exact) mass is 542 g/mol. The summed E-state index contributed by atoms with van der Waals surface area (Å²) in [5, 5.41) is 3.69. The van der Waals surface area contributed by atoms with Gasteiger partial charge in [0.2, 0.25) is 0 Å². The Balaban J connectivity index is 1.37. The van der Waals surface area contributed by atoms with Gasteiger partial charge in [-0.15, -0.1) is 0 Å². The summed E-state index contributed by atoms with van der Waals surface area (Å²) in [4.78, 5) is 35.8. The minimum Gasteiger partial charge on any atom is -0.379 e. The van der Waals surface area contributed by atoms with Crippen LogP contribution in [-0.2, 0) is 17.7 Å². The van der Waals surface area contributed by atoms with E-state index in [1.807, 2.05) is 42.5 Å². The molecule has 1 fully saturated rings. The molecule has 4 aromatic carbocycles. The van der Waals surface area contributed by atoms with Gasteiger partial charge in [0.15, 0.2) is 0 Å². The molecule has 1 saturated heterocycles. The smallest absolute Gasteiger partial charge is 0.262 e. The lowest BCUT2D eigenvalue weighted by atomic mass is 9.97. The molecule has 0 spiro atoms. The fourth-order valence-electron chi connectivity index (χ4n) is 6.82. The van der Waals surface area contributed by atoms with E-state index < -0.39 is 0 Å². The van der Waals surface area contributed by atoms with Crippen LogP contribution in [0.2, 0.25) is 0 Å². The number of nitrogens with one attached hydrogen (secondary N) is 1. The predicted molar refractivity (Wildman–Crippen MR) is 162 cm³/mol. The standard InChI is InChI=1S/C34H30N4O3/c39-33-29-27-23-10-4-6-12-25(23)35-31(27)32-28(30(29)34(40)38(33)17-16-36-18-20-41-21-19-36)24-11-5-7-13-26(24)37(32)15-14-22-8-2-1-3-9-22/h1-13,35H,14-21H2. The molecule has 0 bridgehead atoms. The second-order valence-corrected chi connectivity index (χ2v) is 11.0. The number of hydrogen-bond acceptors (Lipinski definition) is 4. The number of aromatic amines is 1. The number of fused-ring (bicyclic) bond motifs is 10. The van der Waals surface area contributed by atoms with E-state index in [1.54, 1.807) is 0 Å². The highest BCUT2D eigenvalue weighted by molar-refractivity contribution is 6.39. The van der Waals surface area contributed by atoms with Crippen LogP contribution in [0.4, 0.5) is 0 Å². The molecular formula is C34H30N4O3. The highest BCUT2D eigenvalue weighted by Gasteiger charge is 2.41. The number of amides is 2. The number of ether oxygens (including phenoxy) is 1. The van der Waals surface area contributed by atoms with E-state index in [0.29, 0.717) is 37.4 Å². The van der Waals surface area contributed by atoms with E-state index in [-0.39, 0.29) is 11.8 Å². The molecule has 0 aliphatic carbocycles. The third kappa shape index (κ3) is 3.73. The van der Waals surface area contributed by atoms with E-state index in [2.05, 4.69) is 50.8 Å². The number of nitrogens with zero attached hydrogens (tertiary/aromatic N) is 3. The molecule has 8 rings (SSSR count). The first-order valence-corrected chi connectivity index (χ1v) is 14.4. The van der Waals surface area contributed by atoms with Crippen LogP contribution in [-0.4, -0.2) is 70.6 Å². The van der Waals surface area contributed by atoms with Crippen LogP contribution in [0.5, 0.6) is 0 Å². The van der Waals surface area contributed by atoms with Crippen molar-refractivity contribution < 1.29 is 14.3 Å². The number of aryl methyl sites for hydroxylation is 2. The maximum absolute atomic E-state index is 14.3. The van der Waals surface area contributed by atoms with Gasteiger partial charge in [-0.05, 0) is 24.1 Å². The van der Waals surface area contributed by atoms with Gasteiger partial charge in [0.05, 0.1) is 35.4 Å². The summed E-state index contributed by atoms with van der Waals surface area (Å²) in [6, 6.07) is 26.8. The number of hydrogen-bond donors (Lipinski definition) is 1. The topological polar surface area (TPSA) is 70.6 Å². The fourth-order valence-corrected chi connectivity index (χ4v) is 6.82. The molecule has 204 valence electrons. The van der Waals surface area contributed by atoms with Crippen molar-refractivity contribution in [3.8, 4) is 0 Å². The summed E-state index contributed by atoms with van der Waals surface area (Å²) in [7, 11) is 0. The zero-order chi connectivity index (χ0) is 27.5. The van der Waals surface area contributed by atoms with Gasteiger partial charge < -0.3 is 14.3 Å². The van der Waals surface area contributed by atoms with Crippen molar-refractivity contribution in [2.75, 3.05) is 39.4 Å². The Morgan fingerprint density at radius 1 is 0.707 bits per heavy atom. The molecule has 2 aromatic heterocycles. The van der Waals surface area contributed by atoms with E-state index in [0.717, 1.165) is 69.7 Å². The van der Waals surface area contributed by atoms with Crippen LogP contribution in [0, 0.1) is 0 Å². The number of carbonyl (C=O) groups excluding carboxylic acids is 2. The molecule has 1 N–H and O–H groups in total. The van der Waals surface area contributed by atoms with E-state index in [1.165, 1.54) is 10.5 Å². The molecular weight excluding hydrogens is 512 g/mol. The zero-order valence-electron chi connectivity index (χ0n) is 22.7. The number of imide groups is 1. The second kappa shape index (κ2) is 9.58. The Kier molecular flexibility index (Phi) is 5.69. The lowest BCUT2D eigenvalue weighted by molar-refractivity contribution is 0.0325. The van der Waals surface area contributed by atoms with Crippen LogP contribution >= 0.6 is 0 Å². The van der Waals surface area contributed by atoms with Gasteiger partial charge >= 0.3 is 0 Å². The Labute approximate surface area is 236 Å². The van der Waals surface area contributed by atoms with Crippen molar-refractivity contribution in [1.82, 2.24) is 19.4 Å². The molecule has 0 atom stereocenters. The third-order valence-corrected chi connectivity index (χ3v) is 8.79. The first-order valence-electron chi connectivity index (χ1n) is 14.4. The maximum Gasteiger partial charge on any atom is 0.262 e. The molecule has 6 aromatic rings. The summed E-state index contributed by atoms with van der Waals surface area (Å²) in [6.45, 7) is 4.75. The highest BCUT2D eigenvalue weighted by Crippen LogP contribution is 2.45. The molecule has 41 heavy (non-hydrogen) atoms. The van der Waals surface area contributed by atoms with Gasteiger partial charge in [-0.1, -0.05) is 66.7 Å². The SMILES string of the molecule is O=C1c2c(c3c4ccccc4n(CCc4ccccc4)c3c3[nH]c4ccccc4c23)C(=O)N1CCN1CCOCC1. The molecule has 2 aliphatic heterocycles. The predicted octanol–water partition coefficient (Wildman–Crippen LogP) is 5.60. The van der Waals surface area contributed by atoms with Crippen LogP contribution in [0.1, 0.15) is 26.3 Å². The summed E-state index contributed by atoms with van der Waals surface area (Å²) >= 11 is 0. The first-order chi connectivity index (χ1) is 20.2. The molecule has 2 amide bonds. The lowest BCUT2D eigenvalue weighted by Gasteiger charge is -2.27. The van der Waals surface area contributed by atoms with Gasteiger partial charge in [-0.2, -0.15) is 0 Å². The van der Waals surface area contributed by atoms with Gasteiger partial charge in [0, 0.05) is 65.3 Å². The van der Waals surface area contributed by atoms with Crippen LogP contribution in [0.3, 0.4) is 0 Å². The molecule has 2 aliphatic rings. The van der Waals surface area contributed by atoms with Gasteiger partial charge in [-0.3, -0.25) is 19.4 Å². The van der Waals surface area contributed by atoms with Crippen molar-refractivity contribution in [2.24, 2.45) is 0 Å². The van der Waals surface area contributed by atoms with Crippen molar-refractivity contribution in [1.29, 1.82) is 0 Å². The third-order valence-electron chi connectivity index (χ3n) is 8.79. The summed E-state index contributed by atoms with van der Waals surface area (Å²) in [6.07, 6.45) is 0.853. The molecule has 0 unspecified atom stereocenters. The summed E-state index contributed by atoms with van der Waals surface area (Å²) < 4.78 is 7.83. The Bertz CT molecular complexity index is 1980. The van der Waals surface area contributed by atoms with Crippen molar-refractivity contribution >= 4 is 55.4 Å². The second-order valence-electron chi connectivity index (χ2n) is 11.0. The van der Waals surface area contributed by atoms with Crippen molar-refractivity contribution in [3.05, 3.63) is 95.6 Å². The Hall–Kier alpha value is -4.46. The minimum absolute atomic E-state index is 0.193. The van der Waals surface area contributed by atoms with Crippen molar-refractivity contribution in [3.63, 3.8) is 0 Å². The fraction of sp³-hybridized carbons (Fsp3) is 0.235. The van der Waals surface area contributed by atoms with Crippen LogP contribution in [0.25, 0.3) is 43.6 Å². The van der Waals surface area contributed by atoms with Gasteiger partial charge in [0.25, 0.3) is 11.8 Å². The average Bonchev–Trinajstić information content (AvgIpc) is 3.64. The van der Waals surface area contributed by atoms with E-state index >= 15 is 0 Å². The maximum atomic E-state index is 14.3. The van der Waals surface area contributed by atoms with Crippen LogP contribution in [0.15, 0.2) is 78.9 Å². The van der Waals surface area contributed by atoms with Crippen LogP contribution < -0.4 is 0 Å². The minimum atomic E-state index is -0.198. The highest BCUT2D eigenvalue weighted by atomic mass is 16.5. The van der Waals surface area contributed by atoms with E-state index in [4.69, 9.17) is 4.74 Å². The quantitative estimate of drug-likeness (QED) is 0.278. The number of rotatable bonds is 6. The van der Waals surface area contributed by atoms with E-state index in [9.17, 15) is 9.59 Å². The molecule has 0 saturated carbocycles. The number of H-pyrrole nitrogens is 1. The Morgan fingerprint density at radius 3 is 2.20 bits per heavy atom. The molecule has 0 radical (unpaired) electrons. The summed E-state index contributed by atoms with van der Waals surface area (Å²) in [5.74, 6) is -0.391. The number of morpholine rings is 1. The van der Waals surface area contributed by atoms with Gasteiger partial charge in [0.1, 0.15) is 0 Å². The normalized spacial score (nSPS) is 16.1. The average molecular weight is 543 g/mol. The molecule has 7 heteroatoms. The van der Waals surface area contributed by atoms with Gasteiger partial charge in [-0.25, -0.2) is 0 Å². The first kappa shape index (κ1) is 24.3. The van der Waals surface area contributed by atoms with Crippen molar-refractivity contribution in [2.45, 2.75) is 13.0 Å². The molecule has 4 heterocycles. The number of benzene rings is 4.